The van der Waals surface area contributed by atoms with Crippen molar-refractivity contribution in [2.24, 2.45) is 5.92 Å². The normalized spacial score (nSPS) is 19.6. The molecule has 1 fully saturated rings. The van der Waals surface area contributed by atoms with Crippen LogP contribution in [-0.4, -0.2) is 19.0 Å². The van der Waals surface area contributed by atoms with Crippen LogP contribution in [0.3, 0.4) is 0 Å². The summed E-state index contributed by atoms with van der Waals surface area (Å²) in [4.78, 5) is 11.9. The van der Waals surface area contributed by atoms with Crippen molar-refractivity contribution in [2.75, 3.05) is 13.1 Å². The zero-order valence-corrected chi connectivity index (χ0v) is 10.6. The predicted octanol–water partition coefficient (Wildman–Crippen LogP) is 1.75. The highest BCUT2D eigenvalue weighted by Crippen LogP contribution is 2.11. The molecule has 1 unspecified atom stereocenters. The van der Waals surface area contributed by atoms with E-state index in [9.17, 15) is 9.18 Å². The van der Waals surface area contributed by atoms with E-state index in [1.165, 1.54) is 6.07 Å². The van der Waals surface area contributed by atoms with E-state index in [1.807, 2.05) is 6.07 Å². The number of carbonyl (C=O) groups is 1. The van der Waals surface area contributed by atoms with Crippen molar-refractivity contribution in [3.05, 3.63) is 35.1 Å². The molecule has 4 heteroatoms. The van der Waals surface area contributed by atoms with Gasteiger partial charge in [0.05, 0.1) is 5.92 Å². The molecule has 3 nitrogen and oxygen atoms in total. The maximum Gasteiger partial charge on any atom is 0.224 e. The maximum absolute atomic E-state index is 13.3. The number of halogens is 1. The van der Waals surface area contributed by atoms with Crippen LogP contribution in [0.15, 0.2) is 18.2 Å². The lowest BCUT2D eigenvalue weighted by molar-refractivity contribution is -0.125. The van der Waals surface area contributed by atoms with Gasteiger partial charge in [-0.25, -0.2) is 4.39 Å². The van der Waals surface area contributed by atoms with Crippen molar-refractivity contribution in [2.45, 2.75) is 26.3 Å². The number of hydrogen-bond donors (Lipinski definition) is 2. The van der Waals surface area contributed by atoms with Crippen molar-refractivity contribution in [1.82, 2.24) is 10.6 Å². The Kier molecular flexibility index (Phi) is 4.31. The number of piperidine rings is 1. The van der Waals surface area contributed by atoms with Crippen molar-refractivity contribution in [3.63, 3.8) is 0 Å². The first-order valence-electron chi connectivity index (χ1n) is 6.40. The van der Waals surface area contributed by atoms with Gasteiger partial charge in [-0.2, -0.15) is 0 Å². The summed E-state index contributed by atoms with van der Waals surface area (Å²) in [6.45, 7) is 3.86. The van der Waals surface area contributed by atoms with E-state index in [0.29, 0.717) is 12.1 Å². The Hall–Kier alpha value is -1.42. The summed E-state index contributed by atoms with van der Waals surface area (Å²) in [5, 5.41) is 6.08. The van der Waals surface area contributed by atoms with E-state index in [2.05, 4.69) is 10.6 Å². The van der Waals surface area contributed by atoms with Crippen LogP contribution in [0.4, 0.5) is 4.39 Å². The Morgan fingerprint density at radius 1 is 1.56 bits per heavy atom. The lowest BCUT2D eigenvalue weighted by Crippen LogP contribution is -2.40. The lowest BCUT2D eigenvalue weighted by Gasteiger charge is -2.21. The Bertz CT molecular complexity index is 428. The van der Waals surface area contributed by atoms with E-state index >= 15 is 0 Å². The van der Waals surface area contributed by atoms with Crippen LogP contribution in [0.25, 0.3) is 0 Å². The molecule has 0 aromatic heterocycles. The molecule has 0 bridgehead atoms. The summed E-state index contributed by atoms with van der Waals surface area (Å²) in [6.07, 6.45) is 1.97. The number of benzene rings is 1. The number of aryl methyl sites for hydroxylation is 1. The van der Waals surface area contributed by atoms with Crippen LogP contribution >= 0.6 is 0 Å². The van der Waals surface area contributed by atoms with Gasteiger partial charge in [0, 0.05) is 13.1 Å². The van der Waals surface area contributed by atoms with Crippen LogP contribution in [-0.2, 0) is 11.3 Å². The smallest absolute Gasteiger partial charge is 0.224 e. The van der Waals surface area contributed by atoms with Gasteiger partial charge in [-0.15, -0.1) is 0 Å². The predicted molar refractivity (Wildman–Crippen MR) is 68.6 cm³/mol. The van der Waals surface area contributed by atoms with Gasteiger partial charge in [0.15, 0.2) is 0 Å². The summed E-state index contributed by atoms with van der Waals surface area (Å²) >= 11 is 0. The van der Waals surface area contributed by atoms with Crippen molar-refractivity contribution < 1.29 is 9.18 Å². The van der Waals surface area contributed by atoms with Gasteiger partial charge < -0.3 is 10.6 Å². The fourth-order valence-electron chi connectivity index (χ4n) is 2.16. The molecular weight excluding hydrogens is 231 g/mol. The number of hydrogen-bond acceptors (Lipinski definition) is 2. The second kappa shape index (κ2) is 5.96. The van der Waals surface area contributed by atoms with Crippen LogP contribution in [0.1, 0.15) is 24.0 Å². The first kappa shape index (κ1) is 13.0. The molecule has 2 rings (SSSR count). The Morgan fingerprint density at radius 2 is 2.39 bits per heavy atom. The molecule has 0 aliphatic carbocycles. The molecule has 18 heavy (non-hydrogen) atoms. The van der Waals surface area contributed by atoms with Crippen LogP contribution in [0, 0.1) is 18.7 Å². The van der Waals surface area contributed by atoms with E-state index in [1.54, 1.807) is 13.0 Å². The minimum absolute atomic E-state index is 0.0500. The Morgan fingerprint density at radius 3 is 3.06 bits per heavy atom. The van der Waals surface area contributed by atoms with Crippen molar-refractivity contribution in [3.8, 4) is 0 Å². The first-order chi connectivity index (χ1) is 8.66. The van der Waals surface area contributed by atoms with Gasteiger partial charge in [0.1, 0.15) is 5.82 Å². The number of carbonyl (C=O) groups excluding carboxylic acids is 1. The lowest BCUT2D eigenvalue weighted by atomic mass is 9.99. The zero-order valence-electron chi connectivity index (χ0n) is 10.6. The average Bonchev–Trinajstić information content (AvgIpc) is 2.41. The molecule has 1 aromatic carbocycles. The highest BCUT2D eigenvalue weighted by atomic mass is 19.1. The molecule has 1 aromatic rings. The monoisotopic (exact) mass is 250 g/mol. The molecule has 98 valence electrons. The second-order valence-electron chi connectivity index (χ2n) is 4.84. The molecule has 0 radical (unpaired) electrons. The van der Waals surface area contributed by atoms with Gasteiger partial charge in [-0.3, -0.25) is 4.79 Å². The number of nitrogens with one attached hydrogen (secondary N) is 2. The van der Waals surface area contributed by atoms with Crippen LogP contribution in [0.2, 0.25) is 0 Å². The average molecular weight is 250 g/mol. The third-order valence-corrected chi connectivity index (χ3v) is 3.37. The molecule has 0 spiro atoms. The quantitative estimate of drug-likeness (QED) is 0.858. The third kappa shape index (κ3) is 3.29. The summed E-state index contributed by atoms with van der Waals surface area (Å²) in [5.41, 5.74) is 1.43. The minimum Gasteiger partial charge on any atom is -0.352 e. The van der Waals surface area contributed by atoms with E-state index < -0.39 is 0 Å². The first-order valence-corrected chi connectivity index (χ1v) is 6.40. The van der Waals surface area contributed by atoms with Crippen LogP contribution < -0.4 is 10.6 Å². The molecular formula is C14H19FN2O. The standard InChI is InChI=1S/C14H19FN2O/c1-10-4-5-11(7-13(10)15)8-17-14(18)12-3-2-6-16-9-12/h4-5,7,12,16H,2-3,6,8-9H2,1H3,(H,17,18). The fraction of sp³-hybridized carbons (Fsp3) is 0.500. The largest absolute Gasteiger partial charge is 0.352 e. The summed E-state index contributed by atoms with van der Waals surface area (Å²) < 4.78 is 13.3. The van der Waals surface area contributed by atoms with Gasteiger partial charge in [-0.1, -0.05) is 12.1 Å². The minimum atomic E-state index is -0.221. The highest BCUT2D eigenvalue weighted by molar-refractivity contribution is 5.78. The van der Waals surface area contributed by atoms with Gasteiger partial charge in [0.2, 0.25) is 5.91 Å². The molecule has 1 saturated heterocycles. The molecule has 1 amide bonds. The van der Waals surface area contributed by atoms with Gasteiger partial charge >= 0.3 is 0 Å². The third-order valence-electron chi connectivity index (χ3n) is 3.37. The summed E-state index contributed by atoms with van der Waals surface area (Å²) in [6, 6.07) is 5.06. The molecule has 1 heterocycles. The van der Waals surface area contributed by atoms with E-state index in [0.717, 1.165) is 31.5 Å². The molecule has 0 saturated carbocycles. The summed E-state index contributed by atoms with van der Waals surface area (Å²) in [5.74, 6) is -0.113. The summed E-state index contributed by atoms with van der Waals surface area (Å²) in [7, 11) is 0. The molecule has 1 atom stereocenters. The number of rotatable bonds is 3. The molecule has 2 N–H and O–H groups in total. The van der Waals surface area contributed by atoms with E-state index in [-0.39, 0.29) is 17.6 Å². The maximum atomic E-state index is 13.3. The van der Waals surface area contributed by atoms with Crippen molar-refractivity contribution >= 4 is 5.91 Å². The highest BCUT2D eigenvalue weighted by Gasteiger charge is 2.20. The Balaban J connectivity index is 1.86. The zero-order chi connectivity index (χ0) is 13.0. The van der Waals surface area contributed by atoms with Gasteiger partial charge in [0.25, 0.3) is 0 Å². The SMILES string of the molecule is Cc1ccc(CNC(=O)C2CCCNC2)cc1F. The number of amides is 1. The van der Waals surface area contributed by atoms with Crippen LogP contribution in [0.5, 0.6) is 0 Å². The topological polar surface area (TPSA) is 41.1 Å². The van der Waals surface area contributed by atoms with Crippen molar-refractivity contribution in [1.29, 1.82) is 0 Å². The van der Waals surface area contributed by atoms with Gasteiger partial charge in [-0.05, 0) is 43.5 Å². The second-order valence-corrected chi connectivity index (χ2v) is 4.84. The Labute approximate surface area is 107 Å². The molecule has 1 aliphatic heterocycles. The molecule has 1 aliphatic rings. The fourth-order valence-corrected chi connectivity index (χ4v) is 2.16. The van der Waals surface area contributed by atoms with E-state index in [4.69, 9.17) is 0 Å².